The zero-order valence-corrected chi connectivity index (χ0v) is 23.3. The number of hydrogen-bond donors (Lipinski definition) is 2. The fourth-order valence-electron chi connectivity index (χ4n) is 4.87. The van der Waals surface area contributed by atoms with E-state index in [1.807, 2.05) is 91.9 Å². The van der Waals surface area contributed by atoms with Crippen LogP contribution in [0.3, 0.4) is 0 Å². The average Bonchev–Trinajstić information content (AvgIpc) is 3.09. The molecule has 206 valence electrons. The first-order valence-corrected chi connectivity index (χ1v) is 13.6. The Morgan fingerprint density at radius 3 is 2.22 bits per heavy atom. The second kappa shape index (κ2) is 12.0. The van der Waals surface area contributed by atoms with Crippen molar-refractivity contribution in [1.29, 1.82) is 0 Å². The van der Waals surface area contributed by atoms with Crippen LogP contribution >= 0.6 is 0 Å². The molecule has 3 amide bonds. The second-order valence-corrected chi connectivity index (χ2v) is 10.3. The number of ketones is 1. The van der Waals surface area contributed by atoms with Crippen LogP contribution in [0.25, 0.3) is 0 Å². The third-order valence-electron chi connectivity index (χ3n) is 7.11. The van der Waals surface area contributed by atoms with E-state index in [0.717, 1.165) is 16.7 Å². The van der Waals surface area contributed by atoms with Crippen LogP contribution < -0.4 is 15.5 Å². The Balaban J connectivity index is 1.51. The molecule has 2 N–H and O–H groups in total. The maximum atomic E-state index is 14.1. The molecule has 5 rings (SSSR count). The highest BCUT2D eigenvalue weighted by atomic mass is 16.2. The number of benzodiazepines with no additional fused rings is 1. The fraction of sp³-hybridized carbons (Fsp3) is 0.176. The van der Waals surface area contributed by atoms with E-state index in [-0.39, 0.29) is 12.3 Å². The molecule has 0 saturated heterocycles. The Morgan fingerprint density at radius 1 is 0.854 bits per heavy atom. The number of Topliss-reactive ketones (excluding diaryl/α,β-unsaturated/α-hetero) is 1. The Morgan fingerprint density at radius 2 is 1.51 bits per heavy atom. The number of urea groups is 1. The Kier molecular flexibility index (Phi) is 8.06. The number of carbonyl (C=O) groups excluding carboxylic acids is 3. The summed E-state index contributed by atoms with van der Waals surface area (Å²) < 4.78 is 0. The summed E-state index contributed by atoms with van der Waals surface area (Å²) in [6, 6.07) is 31.1. The van der Waals surface area contributed by atoms with Gasteiger partial charge in [-0.2, -0.15) is 0 Å². The van der Waals surface area contributed by atoms with Crippen LogP contribution in [0.2, 0.25) is 0 Å². The predicted molar refractivity (Wildman–Crippen MR) is 163 cm³/mol. The smallest absolute Gasteiger partial charge is 0.308 e. The van der Waals surface area contributed by atoms with Gasteiger partial charge in [0.25, 0.3) is 5.91 Å². The molecule has 41 heavy (non-hydrogen) atoms. The Labute approximate surface area is 239 Å². The molecular weight excluding hydrogens is 512 g/mol. The minimum absolute atomic E-state index is 0.200. The molecule has 0 spiro atoms. The van der Waals surface area contributed by atoms with E-state index < -0.39 is 18.1 Å². The molecule has 0 fully saturated rings. The summed E-state index contributed by atoms with van der Waals surface area (Å²) in [5.74, 6) is -0.347. The van der Waals surface area contributed by atoms with Gasteiger partial charge in [-0.05, 0) is 42.2 Å². The third kappa shape index (κ3) is 6.09. The van der Waals surface area contributed by atoms with E-state index in [1.54, 1.807) is 18.2 Å². The molecule has 7 heteroatoms. The molecule has 0 aliphatic carbocycles. The molecule has 7 nitrogen and oxygen atoms in total. The number of nitrogens with one attached hydrogen (secondary N) is 2. The molecule has 0 radical (unpaired) electrons. The molecule has 1 aliphatic heterocycles. The van der Waals surface area contributed by atoms with Gasteiger partial charge in [0.1, 0.15) is 0 Å². The number of hydrogen-bond acceptors (Lipinski definition) is 4. The zero-order chi connectivity index (χ0) is 28.9. The molecule has 1 heterocycles. The normalized spacial score (nSPS) is 14.6. The molecule has 0 bridgehead atoms. The van der Waals surface area contributed by atoms with Gasteiger partial charge >= 0.3 is 6.03 Å². The summed E-state index contributed by atoms with van der Waals surface area (Å²) in [6.45, 7) is 5.87. The van der Waals surface area contributed by atoms with Gasteiger partial charge in [-0.1, -0.05) is 98.8 Å². The van der Waals surface area contributed by atoms with E-state index in [4.69, 9.17) is 4.99 Å². The van der Waals surface area contributed by atoms with Crippen LogP contribution in [0, 0.1) is 6.92 Å². The van der Waals surface area contributed by atoms with Gasteiger partial charge in [-0.25, -0.2) is 9.79 Å². The third-order valence-corrected chi connectivity index (χ3v) is 7.11. The minimum atomic E-state index is -1.27. The van der Waals surface area contributed by atoms with Crippen LogP contribution in [-0.4, -0.2) is 36.1 Å². The fourth-order valence-corrected chi connectivity index (χ4v) is 4.87. The molecule has 1 atom stereocenters. The van der Waals surface area contributed by atoms with Crippen LogP contribution in [0.4, 0.5) is 16.2 Å². The number of fused-ring (bicyclic) bond motifs is 1. The zero-order valence-electron chi connectivity index (χ0n) is 23.3. The number of aliphatic imine (C=N–C) groups is 1. The van der Waals surface area contributed by atoms with Crippen molar-refractivity contribution in [3.8, 4) is 0 Å². The lowest BCUT2D eigenvalue weighted by Crippen LogP contribution is -2.50. The lowest BCUT2D eigenvalue weighted by molar-refractivity contribution is -0.120. The van der Waals surface area contributed by atoms with Crippen LogP contribution in [-0.2, 0) is 4.79 Å². The molecule has 4 aromatic carbocycles. The SMILES string of the molecule is Cc1ccccc1C(=O)CN1C(=O)[C@H](NC(=O)Nc2ccc(C(C)C)cc2)N=C(c2ccccc2)c2ccccc21. The van der Waals surface area contributed by atoms with Gasteiger partial charge in [-0.3, -0.25) is 9.59 Å². The first kappa shape index (κ1) is 27.5. The summed E-state index contributed by atoms with van der Waals surface area (Å²) in [7, 11) is 0. The van der Waals surface area contributed by atoms with Crippen molar-refractivity contribution < 1.29 is 14.4 Å². The summed E-state index contributed by atoms with van der Waals surface area (Å²) in [5, 5.41) is 5.55. The number of rotatable bonds is 7. The number of aryl methyl sites for hydroxylation is 1. The predicted octanol–water partition coefficient (Wildman–Crippen LogP) is 6.33. The quantitative estimate of drug-likeness (QED) is 0.266. The summed E-state index contributed by atoms with van der Waals surface area (Å²) in [5.41, 5.74) is 5.69. The lowest BCUT2D eigenvalue weighted by atomic mass is 9.99. The van der Waals surface area contributed by atoms with Gasteiger partial charge < -0.3 is 15.5 Å². The van der Waals surface area contributed by atoms with Gasteiger partial charge in [0.2, 0.25) is 6.17 Å². The van der Waals surface area contributed by atoms with E-state index in [1.165, 1.54) is 4.90 Å². The van der Waals surface area contributed by atoms with Crippen molar-refractivity contribution >= 4 is 34.8 Å². The number of benzene rings is 4. The summed E-state index contributed by atoms with van der Waals surface area (Å²) >= 11 is 0. The van der Waals surface area contributed by atoms with Gasteiger partial charge in [0.05, 0.1) is 17.9 Å². The maximum absolute atomic E-state index is 14.1. The van der Waals surface area contributed by atoms with Crippen LogP contribution in [0.15, 0.2) is 108 Å². The molecule has 0 unspecified atom stereocenters. The largest absolute Gasteiger partial charge is 0.321 e. The maximum Gasteiger partial charge on any atom is 0.321 e. The highest BCUT2D eigenvalue weighted by Gasteiger charge is 2.34. The Hall–Kier alpha value is -5.04. The van der Waals surface area contributed by atoms with Crippen LogP contribution in [0.1, 0.15) is 52.4 Å². The molecular formula is C34H32N4O3. The van der Waals surface area contributed by atoms with Crippen molar-refractivity contribution in [3.05, 3.63) is 131 Å². The molecule has 0 saturated carbocycles. The summed E-state index contributed by atoms with van der Waals surface area (Å²) in [6.07, 6.45) is -1.27. The first-order chi connectivity index (χ1) is 19.8. The highest BCUT2D eigenvalue weighted by Crippen LogP contribution is 2.29. The van der Waals surface area contributed by atoms with E-state index in [0.29, 0.717) is 34.1 Å². The molecule has 4 aromatic rings. The number of nitrogens with zero attached hydrogens (tertiary/aromatic N) is 2. The summed E-state index contributed by atoms with van der Waals surface area (Å²) in [4.78, 5) is 46.9. The standard InChI is InChI=1S/C34H32N4O3/c1-22(2)24-17-19-26(20-18-24)35-34(41)37-32-33(40)38(21-30(39)27-14-8-7-11-23(27)3)29-16-10-9-15-28(29)31(36-32)25-12-5-4-6-13-25/h4-20,22,32H,21H2,1-3H3,(H2,35,37,41)/t32-/m0/s1. The van der Waals surface area contributed by atoms with Crippen molar-refractivity contribution in [3.63, 3.8) is 0 Å². The second-order valence-electron chi connectivity index (χ2n) is 10.3. The van der Waals surface area contributed by atoms with Crippen molar-refractivity contribution in [2.24, 2.45) is 4.99 Å². The molecule has 1 aliphatic rings. The number of carbonyl (C=O) groups is 3. The van der Waals surface area contributed by atoms with E-state index in [2.05, 4.69) is 24.5 Å². The van der Waals surface area contributed by atoms with Gasteiger partial charge in [0.15, 0.2) is 5.78 Å². The number of amides is 3. The van der Waals surface area contributed by atoms with Crippen molar-refractivity contribution in [2.45, 2.75) is 32.9 Å². The number of para-hydroxylation sites is 1. The van der Waals surface area contributed by atoms with Crippen molar-refractivity contribution in [2.75, 3.05) is 16.8 Å². The van der Waals surface area contributed by atoms with Gasteiger partial charge in [0, 0.05) is 22.4 Å². The van der Waals surface area contributed by atoms with E-state index >= 15 is 0 Å². The minimum Gasteiger partial charge on any atom is -0.308 e. The Bertz CT molecular complexity index is 1610. The monoisotopic (exact) mass is 544 g/mol. The lowest BCUT2D eigenvalue weighted by Gasteiger charge is -2.25. The highest BCUT2D eigenvalue weighted by molar-refractivity contribution is 6.21. The van der Waals surface area contributed by atoms with Crippen molar-refractivity contribution in [1.82, 2.24) is 5.32 Å². The number of anilines is 2. The average molecular weight is 545 g/mol. The molecule has 0 aromatic heterocycles. The van der Waals surface area contributed by atoms with Gasteiger partial charge in [-0.15, -0.1) is 0 Å². The topological polar surface area (TPSA) is 90.9 Å². The van der Waals surface area contributed by atoms with Crippen LogP contribution in [0.5, 0.6) is 0 Å². The first-order valence-electron chi connectivity index (χ1n) is 13.6. The van der Waals surface area contributed by atoms with E-state index in [9.17, 15) is 14.4 Å².